The van der Waals surface area contributed by atoms with E-state index in [4.69, 9.17) is 4.98 Å². The summed E-state index contributed by atoms with van der Waals surface area (Å²) >= 11 is 0. The molecule has 0 bridgehead atoms. The summed E-state index contributed by atoms with van der Waals surface area (Å²) < 4.78 is 2.20. The van der Waals surface area contributed by atoms with Crippen LogP contribution in [0.1, 0.15) is 56.3 Å². The zero-order chi connectivity index (χ0) is 18.6. The summed E-state index contributed by atoms with van der Waals surface area (Å²) in [5, 5.41) is 0. The third kappa shape index (κ3) is 4.24. The number of anilines is 1. The molecule has 0 unspecified atom stereocenters. The largest absolute Gasteiger partial charge is 0.342 e. The molecule has 2 saturated heterocycles. The average molecular weight is 371 g/mol. The van der Waals surface area contributed by atoms with E-state index < -0.39 is 0 Å². The lowest BCUT2D eigenvalue weighted by Crippen LogP contribution is -2.36. The molecule has 7 heteroatoms. The highest BCUT2D eigenvalue weighted by atomic mass is 16.1. The first-order valence-electron chi connectivity index (χ1n) is 10.3. The number of aromatic nitrogens is 4. The summed E-state index contributed by atoms with van der Waals surface area (Å²) in [5.74, 6) is 1.08. The van der Waals surface area contributed by atoms with E-state index in [0.29, 0.717) is 5.92 Å². The molecular weight excluding hydrogens is 340 g/mol. The van der Waals surface area contributed by atoms with E-state index in [9.17, 15) is 4.79 Å². The van der Waals surface area contributed by atoms with Crippen LogP contribution in [-0.4, -0.2) is 50.6 Å². The van der Waals surface area contributed by atoms with Crippen molar-refractivity contribution in [2.45, 2.75) is 58.0 Å². The van der Waals surface area contributed by atoms with Crippen molar-refractivity contribution < 1.29 is 0 Å². The number of hydrogen-bond donors (Lipinski definition) is 1. The minimum Gasteiger partial charge on any atom is -0.342 e. The van der Waals surface area contributed by atoms with Crippen LogP contribution in [0.5, 0.6) is 0 Å². The van der Waals surface area contributed by atoms with Crippen LogP contribution in [0.25, 0.3) is 0 Å². The maximum atomic E-state index is 12.3. The molecule has 0 aliphatic carbocycles. The van der Waals surface area contributed by atoms with Crippen LogP contribution in [-0.2, 0) is 13.1 Å². The minimum absolute atomic E-state index is 0.0262. The van der Waals surface area contributed by atoms with Gasteiger partial charge in [-0.25, -0.2) is 9.97 Å². The van der Waals surface area contributed by atoms with Crippen LogP contribution in [0.15, 0.2) is 23.4 Å². The zero-order valence-electron chi connectivity index (χ0n) is 16.2. The van der Waals surface area contributed by atoms with Gasteiger partial charge in [-0.3, -0.25) is 14.7 Å². The maximum Gasteiger partial charge on any atom is 0.252 e. The Morgan fingerprint density at radius 1 is 1.19 bits per heavy atom. The molecular formula is C20H30N6O. The summed E-state index contributed by atoms with van der Waals surface area (Å²) in [6.45, 7) is 8.02. The number of nitrogens with one attached hydrogen (secondary N) is 1. The molecule has 27 heavy (non-hydrogen) atoms. The Hall–Kier alpha value is -2.15. The Kier molecular flexibility index (Phi) is 5.57. The van der Waals surface area contributed by atoms with E-state index in [0.717, 1.165) is 63.8 Å². The number of hydrogen-bond acceptors (Lipinski definition) is 5. The first-order chi connectivity index (χ1) is 13.2. The molecule has 2 aliphatic heterocycles. The third-order valence-electron chi connectivity index (χ3n) is 5.85. The Morgan fingerprint density at radius 2 is 2.04 bits per heavy atom. The van der Waals surface area contributed by atoms with E-state index in [2.05, 4.69) is 31.3 Å². The summed E-state index contributed by atoms with van der Waals surface area (Å²) in [6, 6.07) is 1.71. The number of imidazole rings is 1. The lowest BCUT2D eigenvalue weighted by Gasteiger charge is -2.33. The van der Waals surface area contributed by atoms with Crippen molar-refractivity contribution in [1.82, 2.24) is 24.4 Å². The average Bonchev–Trinajstić information content (AvgIpc) is 3.15. The third-order valence-corrected chi connectivity index (χ3v) is 5.85. The van der Waals surface area contributed by atoms with Gasteiger partial charge in [0.1, 0.15) is 0 Å². The van der Waals surface area contributed by atoms with E-state index in [-0.39, 0.29) is 5.56 Å². The zero-order valence-corrected chi connectivity index (χ0v) is 16.2. The van der Waals surface area contributed by atoms with E-state index >= 15 is 0 Å². The summed E-state index contributed by atoms with van der Waals surface area (Å²) in [5.41, 5.74) is 2.18. The summed E-state index contributed by atoms with van der Waals surface area (Å²) in [4.78, 5) is 29.1. The van der Waals surface area contributed by atoms with Gasteiger partial charge >= 0.3 is 0 Å². The number of H-pyrrole nitrogens is 1. The van der Waals surface area contributed by atoms with Gasteiger partial charge in [-0.15, -0.1) is 0 Å². The molecule has 2 aliphatic rings. The molecule has 1 atom stereocenters. The summed E-state index contributed by atoms with van der Waals surface area (Å²) in [6.07, 6.45) is 9.73. The molecule has 0 saturated carbocycles. The second-order valence-corrected chi connectivity index (χ2v) is 7.79. The van der Waals surface area contributed by atoms with Crippen molar-refractivity contribution in [2.75, 3.05) is 31.1 Å². The molecule has 2 aromatic rings. The molecule has 146 valence electrons. The predicted molar refractivity (Wildman–Crippen MR) is 106 cm³/mol. The fraction of sp³-hybridized carbons (Fsp3) is 0.650. The van der Waals surface area contributed by atoms with Crippen molar-refractivity contribution in [3.8, 4) is 0 Å². The van der Waals surface area contributed by atoms with Crippen LogP contribution < -0.4 is 10.5 Å². The lowest BCUT2D eigenvalue weighted by atomic mass is 9.94. The van der Waals surface area contributed by atoms with Gasteiger partial charge in [-0.1, -0.05) is 0 Å². The first kappa shape index (κ1) is 18.2. The Morgan fingerprint density at radius 3 is 2.85 bits per heavy atom. The highest BCUT2D eigenvalue weighted by Gasteiger charge is 2.25. The SMILES string of the molecule is CCn1cncc1CN1CCC[C@@H](c2cc(=O)[nH]c(N3CCCCC3)n2)C1. The summed E-state index contributed by atoms with van der Waals surface area (Å²) in [7, 11) is 0. The molecule has 0 radical (unpaired) electrons. The Balaban J connectivity index is 1.49. The molecule has 0 amide bonds. The minimum atomic E-state index is -0.0262. The molecule has 1 N–H and O–H groups in total. The van der Waals surface area contributed by atoms with Gasteiger partial charge < -0.3 is 9.47 Å². The molecule has 4 heterocycles. The van der Waals surface area contributed by atoms with Gasteiger partial charge in [0.05, 0.1) is 17.7 Å². The smallest absolute Gasteiger partial charge is 0.252 e. The van der Waals surface area contributed by atoms with Gasteiger partial charge in [0.25, 0.3) is 5.56 Å². The second kappa shape index (κ2) is 8.25. The Bertz CT molecular complexity index is 807. The van der Waals surface area contributed by atoms with Crippen molar-refractivity contribution in [3.05, 3.63) is 40.3 Å². The number of nitrogens with zero attached hydrogens (tertiary/aromatic N) is 5. The topological polar surface area (TPSA) is 70.1 Å². The van der Waals surface area contributed by atoms with Crippen LogP contribution in [0.3, 0.4) is 0 Å². The van der Waals surface area contributed by atoms with Gasteiger partial charge in [0.15, 0.2) is 0 Å². The van der Waals surface area contributed by atoms with Crippen molar-refractivity contribution in [3.63, 3.8) is 0 Å². The van der Waals surface area contributed by atoms with Crippen LogP contribution in [0, 0.1) is 0 Å². The standard InChI is InChI=1S/C20H30N6O/c1-2-25-15-21-12-17(25)14-24-8-6-7-16(13-24)18-11-19(27)23-20(22-18)26-9-4-3-5-10-26/h11-12,15-16H,2-10,13-14H2,1H3,(H,22,23,27)/t16-/m1/s1. The van der Waals surface area contributed by atoms with Crippen LogP contribution >= 0.6 is 0 Å². The van der Waals surface area contributed by atoms with Gasteiger partial charge in [-0.05, 0) is 45.6 Å². The van der Waals surface area contributed by atoms with Gasteiger partial charge in [0.2, 0.25) is 5.95 Å². The molecule has 7 nitrogen and oxygen atoms in total. The monoisotopic (exact) mass is 370 g/mol. The number of piperidine rings is 2. The molecule has 2 aromatic heterocycles. The maximum absolute atomic E-state index is 12.3. The van der Waals surface area contributed by atoms with Gasteiger partial charge in [0, 0.05) is 50.9 Å². The van der Waals surface area contributed by atoms with E-state index in [1.54, 1.807) is 6.07 Å². The molecule has 2 fully saturated rings. The predicted octanol–water partition coefficient (Wildman–Crippen LogP) is 2.36. The quantitative estimate of drug-likeness (QED) is 0.875. The van der Waals surface area contributed by atoms with Crippen LogP contribution in [0.4, 0.5) is 5.95 Å². The lowest BCUT2D eigenvalue weighted by molar-refractivity contribution is 0.194. The number of likely N-dealkylation sites (tertiary alicyclic amines) is 1. The fourth-order valence-electron chi connectivity index (χ4n) is 4.36. The number of aromatic amines is 1. The molecule has 4 rings (SSSR count). The number of aryl methyl sites for hydroxylation is 1. The number of rotatable bonds is 5. The van der Waals surface area contributed by atoms with E-state index in [1.807, 2.05) is 12.5 Å². The second-order valence-electron chi connectivity index (χ2n) is 7.79. The van der Waals surface area contributed by atoms with E-state index in [1.165, 1.54) is 25.0 Å². The Labute approximate surface area is 160 Å². The normalized spacial score (nSPS) is 21.5. The first-order valence-corrected chi connectivity index (χ1v) is 10.3. The van der Waals surface area contributed by atoms with Crippen molar-refractivity contribution >= 4 is 5.95 Å². The van der Waals surface area contributed by atoms with Crippen molar-refractivity contribution in [2.24, 2.45) is 0 Å². The van der Waals surface area contributed by atoms with Gasteiger partial charge in [-0.2, -0.15) is 0 Å². The van der Waals surface area contributed by atoms with Crippen LogP contribution in [0.2, 0.25) is 0 Å². The highest BCUT2D eigenvalue weighted by molar-refractivity contribution is 5.31. The highest BCUT2D eigenvalue weighted by Crippen LogP contribution is 2.27. The fourth-order valence-corrected chi connectivity index (χ4v) is 4.36. The molecule has 0 aromatic carbocycles. The molecule has 0 spiro atoms. The van der Waals surface area contributed by atoms with Crippen molar-refractivity contribution in [1.29, 1.82) is 0 Å².